The van der Waals surface area contributed by atoms with E-state index in [0.717, 1.165) is 6.07 Å². The van der Waals surface area contributed by atoms with Gasteiger partial charge < -0.3 is 10.6 Å². The summed E-state index contributed by atoms with van der Waals surface area (Å²) in [4.78, 5) is 0. The summed E-state index contributed by atoms with van der Waals surface area (Å²) >= 11 is 0. The van der Waals surface area contributed by atoms with Crippen LogP contribution in [-0.4, -0.2) is 14.1 Å². The zero-order valence-electron chi connectivity index (χ0n) is 7.21. The quantitative estimate of drug-likeness (QED) is 0.698. The van der Waals surface area contributed by atoms with E-state index in [4.69, 9.17) is 0 Å². The highest BCUT2D eigenvalue weighted by Crippen LogP contribution is 2.26. The second-order valence-corrected chi connectivity index (χ2v) is 2.41. The molecule has 0 atom stereocenters. The molecule has 0 amide bonds. The Bertz CT molecular complexity index is 326. The van der Waals surface area contributed by atoms with Crippen molar-refractivity contribution in [3.8, 4) is 0 Å². The van der Waals surface area contributed by atoms with E-state index in [1.165, 1.54) is 14.1 Å². The number of benzene rings is 1. The van der Waals surface area contributed by atoms with Gasteiger partial charge in [-0.3, -0.25) is 0 Å². The summed E-state index contributed by atoms with van der Waals surface area (Å²) in [7, 11) is 2.70. The minimum Gasteiger partial charge on any atom is -0.386 e. The van der Waals surface area contributed by atoms with Gasteiger partial charge in [0, 0.05) is 20.2 Å². The van der Waals surface area contributed by atoms with Gasteiger partial charge in [-0.05, 0) is 0 Å². The number of anilines is 2. The SMILES string of the molecule is CNc1cc(F)c(NC)c(F)c1F. The van der Waals surface area contributed by atoms with Crippen LogP contribution in [0.1, 0.15) is 0 Å². The number of hydrogen-bond acceptors (Lipinski definition) is 2. The van der Waals surface area contributed by atoms with Crippen LogP contribution in [0.15, 0.2) is 6.07 Å². The summed E-state index contributed by atoms with van der Waals surface area (Å²) in [6.07, 6.45) is 0. The number of rotatable bonds is 2. The normalized spacial score (nSPS) is 9.92. The standard InChI is InChI=1S/C8H9F3N2/c1-12-5-3-4(9)8(13-2)7(11)6(5)10/h3,12-13H,1-2H3. The third-order valence-electron chi connectivity index (χ3n) is 1.68. The van der Waals surface area contributed by atoms with Crippen LogP contribution in [0, 0.1) is 17.5 Å². The van der Waals surface area contributed by atoms with E-state index >= 15 is 0 Å². The molecule has 0 fully saturated rings. The van der Waals surface area contributed by atoms with Gasteiger partial charge in [-0.25, -0.2) is 13.2 Å². The van der Waals surface area contributed by atoms with Crippen molar-refractivity contribution in [1.29, 1.82) is 0 Å². The molecule has 2 nitrogen and oxygen atoms in total. The molecule has 1 aromatic carbocycles. The van der Waals surface area contributed by atoms with Crippen LogP contribution < -0.4 is 10.6 Å². The molecule has 0 aliphatic heterocycles. The molecule has 0 saturated carbocycles. The first-order valence-corrected chi connectivity index (χ1v) is 3.64. The van der Waals surface area contributed by atoms with Crippen LogP contribution >= 0.6 is 0 Å². The molecule has 5 heteroatoms. The molecule has 0 aliphatic carbocycles. The van der Waals surface area contributed by atoms with E-state index in [9.17, 15) is 13.2 Å². The fraction of sp³-hybridized carbons (Fsp3) is 0.250. The Morgan fingerprint density at radius 3 is 2.08 bits per heavy atom. The van der Waals surface area contributed by atoms with Crippen molar-refractivity contribution in [3.05, 3.63) is 23.5 Å². The Labute approximate surface area is 73.8 Å². The van der Waals surface area contributed by atoms with Crippen molar-refractivity contribution >= 4 is 11.4 Å². The molecule has 0 aliphatic rings. The monoisotopic (exact) mass is 190 g/mol. The molecule has 1 aromatic rings. The summed E-state index contributed by atoms with van der Waals surface area (Å²) in [5.41, 5.74) is -0.662. The zero-order chi connectivity index (χ0) is 10.0. The fourth-order valence-corrected chi connectivity index (χ4v) is 1.01. The Morgan fingerprint density at radius 1 is 1.00 bits per heavy atom. The van der Waals surface area contributed by atoms with E-state index in [0.29, 0.717) is 0 Å². The minimum atomic E-state index is -1.22. The van der Waals surface area contributed by atoms with Crippen LogP contribution in [0.5, 0.6) is 0 Å². The maximum Gasteiger partial charge on any atom is 0.187 e. The van der Waals surface area contributed by atoms with Crippen molar-refractivity contribution in [2.24, 2.45) is 0 Å². The van der Waals surface area contributed by atoms with Crippen molar-refractivity contribution in [1.82, 2.24) is 0 Å². The second kappa shape index (κ2) is 3.55. The van der Waals surface area contributed by atoms with Gasteiger partial charge in [0.25, 0.3) is 0 Å². The predicted molar refractivity (Wildman–Crippen MR) is 45.4 cm³/mol. The topological polar surface area (TPSA) is 24.1 Å². The lowest BCUT2D eigenvalue weighted by Gasteiger charge is -2.08. The molecule has 0 aromatic heterocycles. The smallest absolute Gasteiger partial charge is 0.187 e. The van der Waals surface area contributed by atoms with Gasteiger partial charge in [-0.2, -0.15) is 0 Å². The largest absolute Gasteiger partial charge is 0.386 e. The Balaban J connectivity index is 3.37. The third-order valence-corrected chi connectivity index (χ3v) is 1.68. The summed E-state index contributed by atoms with van der Waals surface area (Å²) in [6, 6.07) is 0.893. The molecule has 0 bridgehead atoms. The van der Waals surface area contributed by atoms with E-state index in [2.05, 4.69) is 10.6 Å². The van der Waals surface area contributed by atoms with Crippen molar-refractivity contribution in [2.45, 2.75) is 0 Å². The van der Waals surface area contributed by atoms with Gasteiger partial charge in [0.1, 0.15) is 5.69 Å². The van der Waals surface area contributed by atoms with Crippen molar-refractivity contribution in [2.75, 3.05) is 24.7 Å². The Hall–Kier alpha value is -1.39. The van der Waals surface area contributed by atoms with Crippen molar-refractivity contribution in [3.63, 3.8) is 0 Å². The van der Waals surface area contributed by atoms with Gasteiger partial charge in [0.2, 0.25) is 0 Å². The summed E-state index contributed by atoms with van der Waals surface area (Å²) in [5, 5.41) is 4.58. The van der Waals surface area contributed by atoms with Crippen molar-refractivity contribution < 1.29 is 13.2 Å². The van der Waals surface area contributed by atoms with Gasteiger partial charge in [-0.15, -0.1) is 0 Å². The summed E-state index contributed by atoms with van der Waals surface area (Å²) in [6.45, 7) is 0. The minimum absolute atomic E-state index is 0.200. The Kier molecular flexibility index (Phi) is 2.65. The lowest BCUT2D eigenvalue weighted by Crippen LogP contribution is -2.03. The highest BCUT2D eigenvalue weighted by Gasteiger charge is 2.16. The number of halogens is 3. The number of hydrogen-bond donors (Lipinski definition) is 2. The van der Waals surface area contributed by atoms with Crippen LogP contribution in [0.4, 0.5) is 24.5 Å². The first-order valence-electron chi connectivity index (χ1n) is 3.64. The van der Waals surface area contributed by atoms with E-state index < -0.39 is 23.1 Å². The van der Waals surface area contributed by atoms with Crippen LogP contribution in [0.3, 0.4) is 0 Å². The van der Waals surface area contributed by atoms with Crippen LogP contribution in [-0.2, 0) is 0 Å². The molecular formula is C8H9F3N2. The van der Waals surface area contributed by atoms with E-state index in [1.807, 2.05) is 0 Å². The highest BCUT2D eigenvalue weighted by molar-refractivity contribution is 5.56. The lowest BCUT2D eigenvalue weighted by molar-refractivity contribution is 0.502. The Morgan fingerprint density at radius 2 is 1.62 bits per heavy atom. The van der Waals surface area contributed by atoms with Gasteiger partial charge in [0.05, 0.1) is 5.69 Å². The molecule has 0 radical (unpaired) electrons. The molecule has 72 valence electrons. The van der Waals surface area contributed by atoms with E-state index in [1.54, 1.807) is 0 Å². The zero-order valence-corrected chi connectivity index (χ0v) is 7.21. The highest BCUT2D eigenvalue weighted by atomic mass is 19.2. The first-order chi connectivity index (χ1) is 6.11. The molecule has 2 N–H and O–H groups in total. The summed E-state index contributed by atoms with van der Waals surface area (Å²) in [5.74, 6) is -3.13. The van der Waals surface area contributed by atoms with Gasteiger partial charge in [-0.1, -0.05) is 0 Å². The first kappa shape index (κ1) is 9.70. The van der Waals surface area contributed by atoms with Crippen LogP contribution in [0.25, 0.3) is 0 Å². The molecule has 0 unspecified atom stereocenters. The molecule has 13 heavy (non-hydrogen) atoms. The molecule has 0 saturated heterocycles. The summed E-state index contributed by atoms with van der Waals surface area (Å²) < 4.78 is 38.9. The third kappa shape index (κ3) is 1.54. The average molecular weight is 190 g/mol. The van der Waals surface area contributed by atoms with Gasteiger partial charge >= 0.3 is 0 Å². The molecule has 0 heterocycles. The molecular weight excluding hydrogens is 181 g/mol. The molecule has 1 rings (SSSR count). The molecule has 0 spiro atoms. The van der Waals surface area contributed by atoms with E-state index in [-0.39, 0.29) is 5.69 Å². The maximum absolute atomic E-state index is 13.0. The van der Waals surface area contributed by atoms with Gasteiger partial charge in [0.15, 0.2) is 17.5 Å². The van der Waals surface area contributed by atoms with Crippen LogP contribution in [0.2, 0.25) is 0 Å². The average Bonchev–Trinajstić information content (AvgIpc) is 2.12. The number of nitrogens with one attached hydrogen (secondary N) is 2. The second-order valence-electron chi connectivity index (χ2n) is 2.41. The fourth-order valence-electron chi connectivity index (χ4n) is 1.01. The predicted octanol–water partition coefficient (Wildman–Crippen LogP) is 2.19. The maximum atomic E-state index is 13.0. The lowest BCUT2D eigenvalue weighted by atomic mass is 10.2.